The maximum atomic E-state index is 12.9. The molecular formula is C21H23N3OS. The Labute approximate surface area is 157 Å². The minimum atomic E-state index is -0.0410. The van der Waals surface area contributed by atoms with Gasteiger partial charge in [0.05, 0.1) is 5.69 Å². The molecule has 1 aliphatic rings. The number of amides is 1. The predicted octanol–water partition coefficient (Wildman–Crippen LogP) is 4.28. The van der Waals surface area contributed by atoms with Crippen molar-refractivity contribution in [2.24, 2.45) is 5.92 Å². The normalized spacial score (nSPS) is 16.5. The molecule has 0 saturated heterocycles. The van der Waals surface area contributed by atoms with Gasteiger partial charge in [-0.25, -0.2) is 4.98 Å². The van der Waals surface area contributed by atoms with Crippen molar-refractivity contribution in [1.29, 1.82) is 0 Å². The zero-order valence-electron chi connectivity index (χ0n) is 15.2. The van der Waals surface area contributed by atoms with E-state index in [9.17, 15) is 4.79 Å². The van der Waals surface area contributed by atoms with E-state index in [2.05, 4.69) is 13.0 Å². The second-order valence-corrected chi connectivity index (χ2v) is 8.29. The summed E-state index contributed by atoms with van der Waals surface area (Å²) in [7, 11) is 1.82. The standard InChI is InChI=1S/C21H23N3OS/c1-13-8-9-17-15(10-13)11-16-18(22)19(26-20(16)23-17)21(25)24(2)12-14-6-4-3-5-7-14/h3-7,11,13H,8-10,12,22H2,1-2H3. The quantitative estimate of drug-likeness (QED) is 0.754. The van der Waals surface area contributed by atoms with Crippen LogP contribution in [-0.4, -0.2) is 22.8 Å². The second-order valence-electron chi connectivity index (χ2n) is 7.29. The Bertz CT molecular complexity index is 964. The van der Waals surface area contributed by atoms with Crippen LogP contribution in [0.3, 0.4) is 0 Å². The number of hydrogen-bond acceptors (Lipinski definition) is 4. The van der Waals surface area contributed by atoms with Crippen molar-refractivity contribution >= 4 is 33.1 Å². The summed E-state index contributed by atoms with van der Waals surface area (Å²) >= 11 is 1.42. The van der Waals surface area contributed by atoms with Crippen LogP contribution in [0.25, 0.3) is 10.2 Å². The molecule has 1 aliphatic carbocycles. The molecular weight excluding hydrogens is 342 g/mol. The first kappa shape index (κ1) is 17.0. The van der Waals surface area contributed by atoms with Gasteiger partial charge in [0.1, 0.15) is 9.71 Å². The fraction of sp³-hybridized carbons (Fsp3) is 0.333. The lowest BCUT2D eigenvalue weighted by Gasteiger charge is -2.20. The van der Waals surface area contributed by atoms with Gasteiger partial charge in [-0.3, -0.25) is 4.79 Å². The van der Waals surface area contributed by atoms with Crippen molar-refractivity contribution < 1.29 is 4.79 Å². The number of carbonyl (C=O) groups is 1. The zero-order valence-corrected chi connectivity index (χ0v) is 16.0. The molecule has 0 radical (unpaired) electrons. The minimum Gasteiger partial charge on any atom is -0.397 e. The third kappa shape index (κ3) is 3.07. The van der Waals surface area contributed by atoms with Crippen LogP contribution in [0.4, 0.5) is 5.69 Å². The topological polar surface area (TPSA) is 59.2 Å². The maximum absolute atomic E-state index is 12.9. The number of thiophene rings is 1. The summed E-state index contributed by atoms with van der Waals surface area (Å²) in [6.45, 7) is 2.84. The first-order valence-corrected chi connectivity index (χ1v) is 9.84. The van der Waals surface area contributed by atoms with Gasteiger partial charge in [0.25, 0.3) is 5.91 Å². The number of aromatic nitrogens is 1. The number of rotatable bonds is 3. The van der Waals surface area contributed by atoms with Crippen LogP contribution < -0.4 is 5.73 Å². The molecule has 0 bridgehead atoms. The Hall–Kier alpha value is -2.40. The van der Waals surface area contributed by atoms with E-state index in [0.29, 0.717) is 23.0 Å². The van der Waals surface area contributed by atoms with Gasteiger partial charge in [-0.1, -0.05) is 37.3 Å². The molecule has 0 spiro atoms. The number of nitrogen functional groups attached to an aromatic ring is 1. The Balaban J connectivity index is 1.66. The van der Waals surface area contributed by atoms with Gasteiger partial charge in [-0.15, -0.1) is 11.3 Å². The van der Waals surface area contributed by atoms with E-state index < -0.39 is 0 Å². The molecule has 2 heterocycles. The summed E-state index contributed by atoms with van der Waals surface area (Å²) in [5.74, 6) is 0.639. The van der Waals surface area contributed by atoms with Gasteiger partial charge < -0.3 is 10.6 Å². The van der Waals surface area contributed by atoms with Gasteiger partial charge in [0.2, 0.25) is 0 Å². The van der Waals surface area contributed by atoms with Crippen LogP contribution in [-0.2, 0) is 19.4 Å². The number of aryl methyl sites for hydroxylation is 1. The third-order valence-corrected chi connectivity index (χ3v) is 6.24. The molecule has 0 saturated carbocycles. The molecule has 1 unspecified atom stereocenters. The molecule has 134 valence electrons. The van der Waals surface area contributed by atoms with Crippen molar-refractivity contribution in [3.05, 3.63) is 58.1 Å². The second kappa shape index (κ2) is 6.72. The highest BCUT2D eigenvalue weighted by Gasteiger charge is 2.23. The molecule has 1 aromatic carbocycles. The molecule has 4 rings (SSSR count). The highest BCUT2D eigenvalue weighted by atomic mass is 32.1. The summed E-state index contributed by atoms with van der Waals surface area (Å²) in [6, 6.07) is 12.1. The first-order valence-electron chi connectivity index (χ1n) is 9.03. The zero-order chi connectivity index (χ0) is 18.3. The number of fused-ring (bicyclic) bond motifs is 2. The number of carbonyl (C=O) groups excluding carboxylic acids is 1. The summed E-state index contributed by atoms with van der Waals surface area (Å²) < 4.78 is 0. The number of pyridine rings is 1. The highest BCUT2D eigenvalue weighted by molar-refractivity contribution is 7.21. The number of anilines is 1. The van der Waals surface area contributed by atoms with E-state index in [1.807, 2.05) is 37.4 Å². The first-order chi connectivity index (χ1) is 12.5. The Morgan fingerprint density at radius 2 is 2.12 bits per heavy atom. The van der Waals surface area contributed by atoms with E-state index in [4.69, 9.17) is 10.7 Å². The monoisotopic (exact) mass is 365 g/mol. The van der Waals surface area contributed by atoms with Crippen LogP contribution in [0.5, 0.6) is 0 Å². The lowest BCUT2D eigenvalue weighted by Crippen LogP contribution is -2.26. The largest absolute Gasteiger partial charge is 0.397 e. The molecule has 3 aromatic rings. The molecule has 1 atom stereocenters. The highest BCUT2D eigenvalue weighted by Crippen LogP contribution is 2.36. The fourth-order valence-electron chi connectivity index (χ4n) is 3.63. The van der Waals surface area contributed by atoms with Crippen molar-refractivity contribution in [3.8, 4) is 0 Å². The van der Waals surface area contributed by atoms with E-state index in [-0.39, 0.29) is 5.91 Å². The van der Waals surface area contributed by atoms with Gasteiger partial charge in [-0.05, 0) is 42.4 Å². The molecule has 26 heavy (non-hydrogen) atoms. The van der Waals surface area contributed by atoms with E-state index >= 15 is 0 Å². The number of nitrogens with two attached hydrogens (primary N) is 1. The van der Waals surface area contributed by atoms with Crippen LogP contribution >= 0.6 is 11.3 Å². The molecule has 0 fully saturated rings. The summed E-state index contributed by atoms with van der Waals surface area (Å²) in [6.07, 6.45) is 3.24. The molecule has 5 heteroatoms. The number of hydrogen-bond donors (Lipinski definition) is 1. The smallest absolute Gasteiger partial charge is 0.266 e. The van der Waals surface area contributed by atoms with Gasteiger partial charge in [0.15, 0.2) is 0 Å². The minimum absolute atomic E-state index is 0.0410. The van der Waals surface area contributed by atoms with Gasteiger partial charge >= 0.3 is 0 Å². The van der Waals surface area contributed by atoms with Crippen LogP contribution in [0.2, 0.25) is 0 Å². The lowest BCUT2D eigenvalue weighted by atomic mass is 9.87. The van der Waals surface area contributed by atoms with Crippen LogP contribution in [0.15, 0.2) is 36.4 Å². The third-order valence-electron chi connectivity index (χ3n) is 5.14. The summed E-state index contributed by atoms with van der Waals surface area (Å²) in [5.41, 5.74) is 10.5. The lowest BCUT2D eigenvalue weighted by molar-refractivity contribution is 0.0791. The molecule has 0 aliphatic heterocycles. The van der Waals surface area contributed by atoms with Crippen molar-refractivity contribution in [2.45, 2.75) is 32.7 Å². The Kier molecular flexibility index (Phi) is 4.41. The van der Waals surface area contributed by atoms with Crippen LogP contribution in [0.1, 0.15) is 39.8 Å². The molecule has 2 N–H and O–H groups in total. The number of nitrogens with zero attached hydrogens (tertiary/aromatic N) is 2. The fourth-order valence-corrected chi connectivity index (χ4v) is 4.72. The number of benzene rings is 1. The summed E-state index contributed by atoms with van der Waals surface area (Å²) in [5, 5.41) is 0.930. The van der Waals surface area contributed by atoms with Crippen molar-refractivity contribution in [2.75, 3.05) is 12.8 Å². The van der Waals surface area contributed by atoms with E-state index in [1.54, 1.807) is 4.90 Å². The molecule has 2 aromatic heterocycles. The molecule has 1 amide bonds. The van der Waals surface area contributed by atoms with Crippen molar-refractivity contribution in [3.63, 3.8) is 0 Å². The van der Waals surface area contributed by atoms with E-state index in [1.165, 1.54) is 29.0 Å². The average Bonchev–Trinajstić information content (AvgIpc) is 2.96. The van der Waals surface area contributed by atoms with Gasteiger partial charge in [-0.2, -0.15) is 0 Å². The Morgan fingerprint density at radius 1 is 1.35 bits per heavy atom. The summed E-state index contributed by atoms with van der Waals surface area (Å²) in [4.78, 5) is 21.0. The van der Waals surface area contributed by atoms with Gasteiger partial charge in [0, 0.05) is 24.7 Å². The van der Waals surface area contributed by atoms with E-state index in [0.717, 1.165) is 28.6 Å². The average molecular weight is 366 g/mol. The maximum Gasteiger partial charge on any atom is 0.266 e. The SMILES string of the molecule is CC1CCc2nc3sc(C(=O)N(C)Cc4ccccc4)c(N)c3cc2C1. The predicted molar refractivity (Wildman–Crippen MR) is 107 cm³/mol. The Morgan fingerprint density at radius 3 is 2.88 bits per heavy atom. The molecule has 4 nitrogen and oxygen atoms in total. The van der Waals surface area contributed by atoms with Crippen molar-refractivity contribution in [1.82, 2.24) is 9.88 Å². The van der Waals surface area contributed by atoms with Crippen LogP contribution in [0, 0.1) is 5.92 Å².